The Morgan fingerprint density at radius 2 is 1.25 bits per heavy atom. The topological polar surface area (TPSA) is 80.3 Å². The van der Waals surface area contributed by atoms with Crippen LogP contribution >= 0.6 is 0 Å². The Morgan fingerprint density at radius 1 is 0.786 bits per heavy atom. The number of carbonyl (C=O) groups is 2. The minimum atomic E-state index is -2.60. The standard InChI is InChI=1S/C17H38O7Si4/c1-15(2)17(19)20-13-12-14-25(4,5)22-27(8,9)24-28(10,11)23-26(6,7)21-16(3)18/h1,12-14H2,2-11H3. The highest BCUT2D eigenvalue weighted by atomic mass is 28.5. The van der Waals surface area contributed by atoms with Gasteiger partial charge in [-0.3, -0.25) is 4.79 Å². The van der Waals surface area contributed by atoms with Crippen molar-refractivity contribution >= 4 is 45.9 Å². The molecular weight excluding hydrogens is 429 g/mol. The maximum atomic E-state index is 11.4. The van der Waals surface area contributed by atoms with Crippen molar-refractivity contribution in [1.29, 1.82) is 0 Å². The zero-order chi connectivity index (χ0) is 22.4. The highest BCUT2D eigenvalue weighted by Crippen LogP contribution is 2.26. The van der Waals surface area contributed by atoms with Crippen molar-refractivity contribution in [3.63, 3.8) is 0 Å². The van der Waals surface area contributed by atoms with Crippen LogP contribution in [0.2, 0.25) is 58.4 Å². The van der Waals surface area contributed by atoms with Crippen molar-refractivity contribution in [2.75, 3.05) is 6.61 Å². The molecule has 0 spiro atoms. The van der Waals surface area contributed by atoms with Gasteiger partial charge >= 0.3 is 31.7 Å². The van der Waals surface area contributed by atoms with Crippen LogP contribution in [-0.4, -0.2) is 52.5 Å². The zero-order valence-electron chi connectivity index (χ0n) is 19.2. The molecule has 0 aliphatic rings. The van der Waals surface area contributed by atoms with Gasteiger partial charge in [0.05, 0.1) is 6.61 Å². The van der Waals surface area contributed by atoms with Crippen molar-refractivity contribution in [3.05, 3.63) is 12.2 Å². The van der Waals surface area contributed by atoms with Crippen molar-refractivity contribution in [2.24, 2.45) is 0 Å². The second kappa shape index (κ2) is 10.5. The summed E-state index contributed by atoms with van der Waals surface area (Å²) < 4.78 is 29.5. The lowest BCUT2D eigenvalue weighted by molar-refractivity contribution is -0.139. The fraction of sp³-hybridized carbons (Fsp3) is 0.765. The summed E-state index contributed by atoms with van der Waals surface area (Å²) in [5.74, 6) is -0.696. The highest BCUT2D eigenvalue weighted by molar-refractivity contribution is 6.88. The van der Waals surface area contributed by atoms with E-state index in [2.05, 4.69) is 19.7 Å². The van der Waals surface area contributed by atoms with Crippen molar-refractivity contribution in [1.82, 2.24) is 0 Å². The van der Waals surface area contributed by atoms with Gasteiger partial charge in [-0.15, -0.1) is 0 Å². The summed E-state index contributed by atoms with van der Waals surface area (Å²) in [5.41, 5.74) is 0.405. The number of carbonyl (C=O) groups excluding carboxylic acids is 2. The third kappa shape index (κ3) is 12.8. The summed E-state index contributed by atoms with van der Waals surface area (Å²) in [4.78, 5) is 22.7. The van der Waals surface area contributed by atoms with Gasteiger partial charge in [0.25, 0.3) is 5.97 Å². The zero-order valence-corrected chi connectivity index (χ0v) is 23.2. The van der Waals surface area contributed by atoms with Crippen LogP contribution in [-0.2, 0) is 31.1 Å². The molecule has 7 nitrogen and oxygen atoms in total. The van der Waals surface area contributed by atoms with Gasteiger partial charge in [0.2, 0.25) is 0 Å². The van der Waals surface area contributed by atoms with E-state index in [0.717, 1.165) is 12.5 Å². The van der Waals surface area contributed by atoms with E-state index in [9.17, 15) is 9.59 Å². The summed E-state index contributed by atoms with van der Waals surface area (Å²) in [6, 6.07) is 0.854. The molecular formula is C17H38O7Si4. The van der Waals surface area contributed by atoms with Crippen LogP contribution in [0, 0.1) is 0 Å². The molecule has 0 amide bonds. The minimum Gasteiger partial charge on any atom is -0.495 e. The normalized spacial score (nSPS) is 13.2. The molecule has 0 fully saturated rings. The Labute approximate surface area is 174 Å². The molecule has 0 unspecified atom stereocenters. The Morgan fingerprint density at radius 3 is 1.71 bits per heavy atom. The van der Waals surface area contributed by atoms with Gasteiger partial charge in [0.1, 0.15) is 0 Å². The van der Waals surface area contributed by atoms with E-state index >= 15 is 0 Å². The number of ether oxygens (including phenoxy) is 1. The Kier molecular flexibility index (Phi) is 10.2. The SMILES string of the molecule is C=C(C)C(=O)OCCC[Si](C)(C)O[Si](C)(C)O[Si](C)(C)O[Si](C)(C)OC(C)=O. The minimum absolute atomic E-state index is 0.338. The van der Waals surface area contributed by atoms with Crippen LogP contribution in [0.4, 0.5) is 0 Å². The average Bonchev–Trinajstić information content (AvgIpc) is 2.36. The van der Waals surface area contributed by atoms with Gasteiger partial charge in [-0.25, -0.2) is 4.79 Å². The lowest BCUT2D eigenvalue weighted by Gasteiger charge is -2.40. The molecule has 0 N–H and O–H groups in total. The molecule has 0 bridgehead atoms. The first-order valence-corrected chi connectivity index (χ1v) is 21.1. The number of hydrogen-bond donors (Lipinski definition) is 0. The van der Waals surface area contributed by atoms with Crippen molar-refractivity contribution in [2.45, 2.75) is 78.7 Å². The van der Waals surface area contributed by atoms with E-state index in [1.165, 1.54) is 6.92 Å². The van der Waals surface area contributed by atoms with E-state index in [1.807, 2.05) is 39.3 Å². The fourth-order valence-electron chi connectivity index (χ4n) is 3.09. The molecule has 0 aromatic rings. The molecule has 0 aliphatic heterocycles. The highest BCUT2D eigenvalue weighted by Gasteiger charge is 2.44. The third-order valence-electron chi connectivity index (χ3n) is 3.40. The van der Waals surface area contributed by atoms with Gasteiger partial charge < -0.3 is 21.5 Å². The molecule has 28 heavy (non-hydrogen) atoms. The first kappa shape index (κ1) is 27.4. The van der Waals surface area contributed by atoms with E-state index in [1.54, 1.807) is 6.92 Å². The van der Waals surface area contributed by atoms with Gasteiger partial charge in [-0.1, -0.05) is 6.58 Å². The molecule has 0 aromatic carbocycles. The van der Waals surface area contributed by atoms with E-state index in [-0.39, 0.29) is 11.9 Å². The molecule has 0 saturated heterocycles. The molecule has 0 radical (unpaired) electrons. The first-order chi connectivity index (χ1) is 12.4. The van der Waals surface area contributed by atoms with Crippen LogP contribution in [0.25, 0.3) is 0 Å². The van der Waals surface area contributed by atoms with Gasteiger partial charge in [0.15, 0.2) is 8.32 Å². The van der Waals surface area contributed by atoms with Crippen LogP contribution < -0.4 is 0 Å². The molecule has 11 heteroatoms. The largest absolute Gasteiger partial charge is 0.495 e. The van der Waals surface area contributed by atoms with Crippen LogP contribution in [0.15, 0.2) is 12.2 Å². The molecule has 0 aromatic heterocycles. The smallest absolute Gasteiger partial charge is 0.386 e. The molecule has 0 saturated carbocycles. The van der Waals surface area contributed by atoms with Crippen molar-refractivity contribution in [3.8, 4) is 0 Å². The maximum Gasteiger partial charge on any atom is 0.386 e. The van der Waals surface area contributed by atoms with E-state index < -0.39 is 34.0 Å². The lowest BCUT2D eigenvalue weighted by Crippen LogP contribution is -2.57. The number of hydrogen-bond acceptors (Lipinski definition) is 7. The third-order valence-corrected chi connectivity index (χ3v) is 17.8. The summed E-state index contributed by atoms with van der Waals surface area (Å²) in [5, 5.41) is 0. The summed E-state index contributed by atoms with van der Waals surface area (Å²) in [6.07, 6.45) is 0.742. The summed E-state index contributed by atoms with van der Waals surface area (Å²) in [7, 11) is -9.60. The number of esters is 1. The Balaban J connectivity index is 4.71. The van der Waals surface area contributed by atoms with E-state index in [0.29, 0.717) is 12.2 Å². The molecule has 0 rings (SSSR count). The average molecular weight is 467 g/mol. The van der Waals surface area contributed by atoms with Crippen LogP contribution in [0.5, 0.6) is 0 Å². The van der Waals surface area contributed by atoms with Crippen LogP contribution in [0.1, 0.15) is 20.3 Å². The fourth-order valence-corrected chi connectivity index (χ4v) is 21.2. The second-order valence-corrected chi connectivity index (χ2v) is 24.0. The summed E-state index contributed by atoms with van der Waals surface area (Å²) in [6.45, 7) is 22.8. The predicted octanol–water partition coefficient (Wildman–Crippen LogP) is 4.42. The Bertz CT molecular complexity index is 574. The molecule has 164 valence electrons. The Hall–Kier alpha value is -0.572. The first-order valence-electron chi connectivity index (χ1n) is 9.49. The van der Waals surface area contributed by atoms with Crippen LogP contribution in [0.3, 0.4) is 0 Å². The monoisotopic (exact) mass is 466 g/mol. The lowest BCUT2D eigenvalue weighted by atomic mass is 10.4. The second-order valence-electron chi connectivity index (χ2n) is 8.88. The van der Waals surface area contributed by atoms with Gasteiger partial charge in [0, 0.05) is 12.5 Å². The predicted molar refractivity (Wildman–Crippen MR) is 120 cm³/mol. The summed E-state index contributed by atoms with van der Waals surface area (Å²) >= 11 is 0. The van der Waals surface area contributed by atoms with E-state index in [4.69, 9.17) is 21.5 Å². The quantitative estimate of drug-likeness (QED) is 0.182. The van der Waals surface area contributed by atoms with Crippen molar-refractivity contribution < 1.29 is 31.1 Å². The molecule has 0 atom stereocenters. The molecule has 0 heterocycles. The number of rotatable bonds is 12. The van der Waals surface area contributed by atoms with Gasteiger partial charge in [-0.2, -0.15) is 0 Å². The maximum absolute atomic E-state index is 11.4. The van der Waals surface area contributed by atoms with Gasteiger partial charge in [-0.05, 0) is 71.8 Å². The molecule has 0 aliphatic carbocycles.